The summed E-state index contributed by atoms with van der Waals surface area (Å²) in [6, 6.07) is 40.6. The average molecular weight is 1390 g/mol. The van der Waals surface area contributed by atoms with Gasteiger partial charge in [-0.3, -0.25) is 59.6 Å². The van der Waals surface area contributed by atoms with E-state index in [9.17, 15) is 47.9 Å². The number of carboxylic acids is 2. The molecule has 7 aliphatic rings. The number of carbonyl (C=O) groups excluding carboxylic acids is 8. The van der Waals surface area contributed by atoms with Crippen LogP contribution in [0.25, 0.3) is 6.08 Å². The lowest BCUT2D eigenvalue weighted by molar-refractivity contribution is -0.156. The van der Waals surface area contributed by atoms with Crippen LogP contribution in [-0.4, -0.2) is 176 Å². The Morgan fingerprint density at radius 2 is 0.820 bits per heavy atom. The number of hydrazine groups is 1. The molecule has 100 heavy (non-hydrogen) atoms. The van der Waals surface area contributed by atoms with Crippen molar-refractivity contribution in [3.05, 3.63) is 150 Å². The molecule has 2 unspecified atom stereocenters. The number of carbonyl (C=O) groups is 10. The van der Waals surface area contributed by atoms with Gasteiger partial charge in [-0.25, -0.2) is 10.0 Å². The molecule has 7 heterocycles. The number of piperidine rings is 4. The van der Waals surface area contributed by atoms with Crippen molar-refractivity contribution in [1.29, 1.82) is 0 Å². The summed E-state index contributed by atoms with van der Waals surface area (Å²) in [5, 5.41) is 44.6. The van der Waals surface area contributed by atoms with E-state index in [0.29, 0.717) is 58.2 Å². The van der Waals surface area contributed by atoms with Crippen LogP contribution in [0.5, 0.6) is 0 Å². The molecule has 4 aromatic rings. The quantitative estimate of drug-likeness (QED) is 0.0208. The van der Waals surface area contributed by atoms with E-state index in [-0.39, 0.29) is 65.3 Å². The zero-order valence-electron chi connectivity index (χ0n) is 59.1. The fourth-order valence-corrected chi connectivity index (χ4v) is 11.1. The van der Waals surface area contributed by atoms with Crippen LogP contribution < -0.4 is 22.4 Å². The van der Waals surface area contributed by atoms with E-state index in [0.717, 1.165) is 93.9 Å². The van der Waals surface area contributed by atoms with Crippen LogP contribution in [0, 0.1) is 23.7 Å². The molecule has 0 spiro atoms. The van der Waals surface area contributed by atoms with Crippen LogP contribution in [0.3, 0.4) is 0 Å². The number of nitrogens with two attached hydrogens (primary N) is 2. The van der Waals surface area contributed by atoms with Crippen molar-refractivity contribution in [2.24, 2.45) is 50.7 Å². The minimum absolute atomic E-state index is 0.0135. The number of hydrogen-bond donors (Lipinski definition) is 7. The van der Waals surface area contributed by atoms with Gasteiger partial charge in [-0.05, 0) is 114 Å². The van der Waals surface area contributed by atoms with Gasteiger partial charge in [0.05, 0.1) is 35.6 Å². The van der Waals surface area contributed by atoms with E-state index < -0.39 is 29.5 Å². The second-order valence-corrected chi connectivity index (χ2v) is 25.1. The first-order valence-corrected chi connectivity index (χ1v) is 33.7. The maximum absolute atomic E-state index is 12.8. The third-order valence-corrected chi connectivity index (χ3v) is 16.4. The predicted molar refractivity (Wildman–Crippen MR) is 384 cm³/mol. The van der Waals surface area contributed by atoms with Gasteiger partial charge in [-0.1, -0.05) is 127 Å². The van der Waals surface area contributed by atoms with Gasteiger partial charge < -0.3 is 45.5 Å². The van der Waals surface area contributed by atoms with Crippen LogP contribution >= 0.6 is 0 Å². The van der Waals surface area contributed by atoms with E-state index in [1.54, 1.807) is 55.6 Å². The van der Waals surface area contributed by atoms with E-state index >= 15 is 0 Å². The number of hydrogen-bond acceptors (Lipinski definition) is 19. The lowest BCUT2D eigenvalue weighted by Gasteiger charge is -2.33. The monoisotopic (exact) mass is 1380 g/mol. The molecule has 544 valence electrons. The first kappa shape index (κ1) is 84.6. The highest BCUT2D eigenvalue weighted by Crippen LogP contribution is 2.33. The van der Waals surface area contributed by atoms with Gasteiger partial charge in [0.15, 0.2) is 0 Å². The molecule has 3 atom stereocenters. The third-order valence-electron chi connectivity index (χ3n) is 16.4. The van der Waals surface area contributed by atoms with Gasteiger partial charge in [-0.15, -0.1) is 0 Å². The van der Waals surface area contributed by atoms with E-state index in [1.165, 1.54) is 32.4 Å². The molecular weight excluding hydrogens is 1280 g/mol. The van der Waals surface area contributed by atoms with Crippen LogP contribution in [-0.2, 0) is 52.7 Å². The fraction of sp³-hybridized carbons (Fsp3) is 0.473. The summed E-state index contributed by atoms with van der Waals surface area (Å²) in [6.07, 6.45) is 17.8. The highest BCUT2D eigenvalue weighted by Gasteiger charge is 2.37. The van der Waals surface area contributed by atoms with Crippen LogP contribution in [0.4, 0.5) is 0 Å². The van der Waals surface area contributed by atoms with Gasteiger partial charge in [0.25, 0.3) is 0 Å². The number of aliphatic carboxylic acids is 2. The van der Waals surface area contributed by atoms with Crippen LogP contribution in [0.2, 0.25) is 0 Å². The molecular formula is C74H104N12O14. The number of hydrazone groups is 3. The number of rotatable bonds is 9. The molecule has 4 aromatic carbocycles. The van der Waals surface area contributed by atoms with Crippen molar-refractivity contribution < 1.29 is 68.0 Å². The molecule has 11 rings (SSSR count). The summed E-state index contributed by atoms with van der Waals surface area (Å²) in [7, 11) is 0. The molecule has 0 aromatic heterocycles. The Morgan fingerprint density at radius 1 is 0.490 bits per heavy atom. The normalized spacial score (nSPS) is 18.6. The maximum atomic E-state index is 12.8. The van der Waals surface area contributed by atoms with E-state index in [1.807, 2.05) is 126 Å². The van der Waals surface area contributed by atoms with Gasteiger partial charge in [0.2, 0.25) is 29.5 Å². The number of carboxylic acid groups (broad SMARTS) is 2. The first-order chi connectivity index (χ1) is 47.8. The topological polar surface area (TPSA) is 370 Å². The van der Waals surface area contributed by atoms with Crippen LogP contribution in [0.15, 0.2) is 143 Å². The van der Waals surface area contributed by atoms with Crippen molar-refractivity contribution in [3.63, 3.8) is 0 Å². The van der Waals surface area contributed by atoms with Crippen molar-refractivity contribution in [2.75, 3.05) is 52.4 Å². The minimum Gasteiger partial charge on any atom is -0.481 e. The number of esters is 2. The zero-order chi connectivity index (χ0) is 74.0. The standard InChI is InChI=1S/2C17H21N3O2.C9H10N2.C9H8O.C8H13NO3.C6H11NO2.C4H6O3.C4H10O.H4N2/c2*1-13(21)19-11-8-15(9-12-19)17(22)20-16(7-10-18-20)14-5-3-2-4-6-14;1-2-4-8(5-3-1)9-6-7-10-11-9;10-8-4-7-9-5-2-1-3-6-9;1-6(10)9-4-2-7(3-5-9)8(11)12;8-6(9)5-1-3-7-4-2-5;1-3(5)7-4(2)6;1-4(2,3)5;1-2/h2*2-6,10,15-16H,7-9,11-12H2,1H3;1-5,7,9,11H,6H2;1-8H;7H,2-5H2,1H3,(H,11,12);5,7H,1-4H2,(H,8,9);1-2H3;5H,1-3H3;1-2H2/b;;;7-4+;;;;;/t16-;;;;;;;;/m0......../s1. The largest absolute Gasteiger partial charge is 0.481 e. The summed E-state index contributed by atoms with van der Waals surface area (Å²) in [4.78, 5) is 115. The minimum atomic E-state index is -0.738. The second kappa shape index (κ2) is 46.6. The molecule has 0 saturated carbocycles. The summed E-state index contributed by atoms with van der Waals surface area (Å²) < 4.78 is 3.97. The Labute approximate surface area is 587 Å². The Morgan fingerprint density at radius 3 is 1.11 bits per heavy atom. The summed E-state index contributed by atoms with van der Waals surface area (Å²) >= 11 is 0. The van der Waals surface area contributed by atoms with Crippen molar-refractivity contribution in [1.82, 2.24) is 35.5 Å². The van der Waals surface area contributed by atoms with Gasteiger partial charge in [0.1, 0.15) is 6.29 Å². The van der Waals surface area contributed by atoms with Crippen LogP contribution in [0.1, 0.15) is 166 Å². The molecule has 9 N–H and O–H groups in total. The number of aliphatic hydroxyl groups is 1. The van der Waals surface area contributed by atoms with Crippen molar-refractivity contribution in [3.8, 4) is 0 Å². The number of benzene rings is 4. The van der Waals surface area contributed by atoms with E-state index in [2.05, 4.69) is 66.7 Å². The number of likely N-dealkylation sites (tertiary alicyclic amines) is 3. The lowest BCUT2D eigenvalue weighted by Crippen LogP contribution is -2.42. The van der Waals surface area contributed by atoms with Crippen molar-refractivity contribution >= 4 is 84.4 Å². The average Bonchev–Trinajstić information content (AvgIpc) is 1.66. The smallest absolute Gasteiger partial charge is 0.310 e. The maximum Gasteiger partial charge on any atom is 0.310 e. The molecule has 0 bridgehead atoms. The lowest BCUT2D eigenvalue weighted by atomic mass is 9.94. The molecule has 5 amide bonds. The SMILES string of the molecule is C1=NNC(c2ccccc2)C1.CC(=O)N1CCC(C(=O)N2N=CCC2c2ccccc2)CC1.CC(=O)N1CCC(C(=O)N2N=CC[C@H]2c2ccccc2)CC1.CC(=O)N1CCC(C(=O)O)CC1.CC(=O)OC(C)=O.CC(C)(C)O.NN.O=C(O)C1CCNCC1.O=C/C=C/c1ccccc1. The van der Waals surface area contributed by atoms with E-state index in [4.69, 9.17) is 15.3 Å². The Kier molecular flexibility index (Phi) is 39.4. The second-order valence-electron chi connectivity index (χ2n) is 25.1. The molecule has 4 saturated heterocycles. The highest BCUT2D eigenvalue weighted by atomic mass is 16.6. The Hall–Kier alpha value is -9.63. The molecule has 0 aliphatic carbocycles. The van der Waals surface area contributed by atoms with Gasteiger partial charge in [-0.2, -0.15) is 15.3 Å². The third kappa shape index (κ3) is 32.8. The molecule has 0 radical (unpaired) electrons. The van der Waals surface area contributed by atoms with Crippen molar-refractivity contribution in [2.45, 2.75) is 150 Å². The Bertz CT molecular complexity index is 3100. The number of nitrogens with zero attached hydrogens (tertiary/aromatic N) is 8. The number of ether oxygens (including phenoxy) is 1. The predicted octanol–water partition coefficient (Wildman–Crippen LogP) is 8.11. The zero-order valence-corrected chi connectivity index (χ0v) is 59.1. The summed E-state index contributed by atoms with van der Waals surface area (Å²) in [5.41, 5.74) is 7.14. The highest BCUT2D eigenvalue weighted by molar-refractivity contribution is 5.84. The first-order valence-electron chi connectivity index (χ1n) is 33.7. The summed E-state index contributed by atoms with van der Waals surface area (Å²) in [5.74, 6) is 5.49. The molecule has 26 nitrogen and oxygen atoms in total. The summed E-state index contributed by atoms with van der Waals surface area (Å²) in [6.45, 7) is 17.8. The molecule has 4 fully saturated rings. The number of aldehydes is 1. The fourth-order valence-electron chi connectivity index (χ4n) is 11.1. The Balaban J connectivity index is 0.000000309. The molecule has 7 aliphatic heterocycles. The van der Waals surface area contributed by atoms with Gasteiger partial charge in [0, 0.05) is 124 Å². The number of nitrogens with one attached hydrogen (secondary N) is 2. The number of allylic oxidation sites excluding steroid dienone is 1. The number of amides is 5. The van der Waals surface area contributed by atoms with Gasteiger partial charge >= 0.3 is 23.9 Å². The molecule has 26 heteroatoms.